The van der Waals surface area contributed by atoms with Crippen LogP contribution >= 0.6 is 11.3 Å². The van der Waals surface area contributed by atoms with Gasteiger partial charge in [0.2, 0.25) is 0 Å². The highest BCUT2D eigenvalue weighted by Gasteiger charge is 2.27. The third kappa shape index (κ3) is 4.78. The van der Waals surface area contributed by atoms with Crippen molar-refractivity contribution in [2.24, 2.45) is 5.92 Å². The number of anilines is 1. The quantitative estimate of drug-likeness (QED) is 0.714. The van der Waals surface area contributed by atoms with E-state index in [-0.39, 0.29) is 5.92 Å². The molecule has 1 unspecified atom stereocenters. The first kappa shape index (κ1) is 18.7. The largest absolute Gasteiger partial charge is 0.369 e. The number of hydrogen-bond acceptors (Lipinski definition) is 5. The van der Waals surface area contributed by atoms with Gasteiger partial charge in [0, 0.05) is 57.4 Å². The molecular weight excluding hydrogens is 354 g/mol. The first-order valence-corrected chi connectivity index (χ1v) is 11.0. The fourth-order valence-corrected chi connectivity index (χ4v) is 4.99. The number of nitrogens with zero attached hydrogens (tertiary/aromatic N) is 3. The lowest BCUT2D eigenvalue weighted by atomic mass is 9.93. The summed E-state index contributed by atoms with van der Waals surface area (Å²) in [6.45, 7) is 8.72. The molecule has 2 saturated heterocycles. The smallest absolute Gasteiger partial charge is 0.177 e. The lowest BCUT2D eigenvalue weighted by Gasteiger charge is -2.38. The number of carbonyl (C=O) groups is 1. The van der Waals surface area contributed by atoms with Crippen molar-refractivity contribution in [1.29, 1.82) is 0 Å². The number of para-hydroxylation sites is 1. The molecular formula is C22H29N3OS. The van der Waals surface area contributed by atoms with E-state index in [2.05, 4.69) is 45.0 Å². The Morgan fingerprint density at radius 2 is 1.70 bits per heavy atom. The zero-order valence-electron chi connectivity index (χ0n) is 15.9. The average molecular weight is 384 g/mol. The van der Waals surface area contributed by atoms with Crippen molar-refractivity contribution < 1.29 is 4.79 Å². The van der Waals surface area contributed by atoms with Gasteiger partial charge < -0.3 is 9.80 Å². The minimum atomic E-state index is 0.187. The number of ketones is 1. The van der Waals surface area contributed by atoms with Gasteiger partial charge in [0.05, 0.1) is 4.88 Å². The van der Waals surface area contributed by atoms with Crippen molar-refractivity contribution in [2.75, 3.05) is 57.3 Å². The van der Waals surface area contributed by atoms with Crippen molar-refractivity contribution in [3.8, 4) is 0 Å². The van der Waals surface area contributed by atoms with E-state index in [4.69, 9.17) is 0 Å². The summed E-state index contributed by atoms with van der Waals surface area (Å²) in [7, 11) is 0. The Labute approximate surface area is 166 Å². The molecule has 4 rings (SSSR count). The Morgan fingerprint density at radius 1 is 0.926 bits per heavy atom. The summed E-state index contributed by atoms with van der Waals surface area (Å²) in [6, 6.07) is 14.7. The standard InChI is InChI=1S/C22H29N3OS/c26-22(21-9-5-17-27-21)19-6-4-10-24(18-19)12-11-23-13-15-25(16-14-23)20-7-2-1-3-8-20/h1-3,5,7-9,17,19H,4,6,10-16,18H2. The van der Waals surface area contributed by atoms with Crippen LogP contribution in [-0.2, 0) is 0 Å². The van der Waals surface area contributed by atoms with E-state index in [1.807, 2.05) is 17.5 Å². The molecule has 0 N–H and O–H groups in total. The Morgan fingerprint density at radius 3 is 2.44 bits per heavy atom. The third-order valence-corrected chi connectivity index (χ3v) is 6.75. The molecule has 2 fully saturated rings. The van der Waals surface area contributed by atoms with Gasteiger partial charge in [0.15, 0.2) is 5.78 Å². The molecule has 1 atom stereocenters. The number of piperazine rings is 1. The lowest BCUT2D eigenvalue weighted by molar-refractivity contribution is 0.0807. The van der Waals surface area contributed by atoms with Gasteiger partial charge in [-0.25, -0.2) is 0 Å². The molecule has 3 heterocycles. The molecule has 0 saturated carbocycles. The summed E-state index contributed by atoms with van der Waals surface area (Å²) in [5.41, 5.74) is 1.34. The average Bonchev–Trinajstić information content (AvgIpc) is 3.28. The maximum absolute atomic E-state index is 12.7. The normalized spacial score (nSPS) is 22.1. The molecule has 0 amide bonds. The van der Waals surface area contributed by atoms with E-state index in [1.54, 1.807) is 11.3 Å². The Kier molecular flexibility index (Phi) is 6.22. The SMILES string of the molecule is O=C(c1cccs1)C1CCCN(CCN2CCN(c3ccccc3)CC2)C1. The molecule has 0 aliphatic carbocycles. The van der Waals surface area contributed by atoms with Crippen molar-refractivity contribution >= 4 is 22.8 Å². The molecule has 2 aromatic rings. The van der Waals surface area contributed by atoms with Crippen LogP contribution in [0.4, 0.5) is 5.69 Å². The first-order valence-electron chi connectivity index (χ1n) is 10.1. The van der Waals surface area contributed by atoms with Crippen LogP contribution in [-0.4, -0.2) is 67.9 Å². The van der Waals surface area contributed by atoms with Crippen LogP contribution in [0.2, 0.25) is 0 Å². The van der Waals surface area contributed by atoms with Crippen molar-refractivity contribution in [3.05, 3.63) is 52.7 Å². The van der Waals surface area contributed by atoms with Crippen molar-refractivity contribution in [1.82, 2.24) is 9.80 Å². The van der Waals surface area contributed by atoms with Crippen LogP contribution in [0.5, 0.6) is 0 Å². The van der Waals surface area contributed by atoms with E-state index >= 15 is 0 Å². The zero-order valence-corrected chi connectivity index (χ0v) is 16.7. The van der Waals surface area contributed by atoms with Gasteiger partial charge in [-0.1, -0.05) is 24.3 Å². The molecule has 1 aromatic heterocycles. The van der Waals surface area contributed by atoms with Crippen LogP contribution in [0, 0.1) is 5.92 Å². The third-order valence-electron chi connectivity index (χ3n) is 5.87. The lowest BCUT2D eigenvalue weighted by Crippen LogP contribution is -2.49. The van der Waals surface area contributed by atoms with Gasteiger partial charge in [-0.2, -0.15) is 0 Å². The van der Waals surface area contributed by atoms with Crippen LogP contribution < -0.4 is 4.90 Å². The number of thiophene rings is 1. The van der Waals surface area contributed by atoms with Crippen LogP contribution in [0.3, 0.4) is 0 Å². The monoisotopic (exact) mass is 383 g/mol. The van der Waals surface area contributed by atoms with Gasteiger partial charge in [-0.05, 0) is 43.0 Å². The summed E-state index contributed by atoms with van der Waals surface area (Å²) in [5, 5.41) is 2.00. The van der Waals surface area contributed by atoms with Gasteiger partial charge >= 0.3 is 0 Å². The number of rotatable bonds is 6. The summed E-state index contributed by atoms with van der Waals surface area (Å²) < 4.78 is 0. The predicted molar refractivity (Wildman–Crippen MR) is 113 cm³/mol. The second-order valence-corrected chi connectivity index (χ2v) is 8.59. The molecule has 144 valence electrons. The van der Waals surface area contributed by atoms with Gasteiger partial charge in [0.25, 0.3) is 0 Å². The number of benzene rings is 1. The second-order valence-electron chi connectivity index (χ2n) is 7.65. The maximum Gasteiger partial charge on any atom is 0.177 e. The van der Waals surface area contributed by atoms with Crippen molar-refractivity contribution in [2.45, 2.75) is 12.8 Å². The molecule has 4 nitrogen and oxygen atoms in total. The number of hydrogen-bond donors (Lipinski definition) is 0. The maximum atomic E-state index is 12.7. The highest BCUT2D eigenvalue weighted by Crippen LogP contribution is 2.23. The van der Waals surface area contributed by atoms with Gasteiger partial charge in [-0.15, -0.1) is 11.3 Å². The van der Waals surface area contributed by atoms with Crippen LogP contribution in [0.15, 0.2) is 47.8 Å². The molecule has 1 aromatic carbocycles. The van der Waals surface area contributed by atoms with Crippen LogP contribution in [0.1, 0.15) is 22.5 Å². The van der Waals surface area contributed by atoms with E-state index in [0.717, 1.165) is 70.1 Å². The van der Waals surface area contributed by atoms with E-state index in [9.17, 15) is 4.79 Å². The van der Waals surface area contributed by atoms with E-state index in [1.165, 1.54) is 5.69 Å². The number of likely N-dealkylation sites (tertiary alicyclic amines) is 1. The fraction of sp³-hybridized carbons (Fsp3) is 0.500. The number of Topliss-reactive ketones (excluding diaryl/α,β-unsaturated/α-hetero) is 1. The second kappa shape index (κ2) is 9.00. The minimum Gasteiger partial charge on any atom is -0.369 e. The van der Waals surface area contributed by atoms with Crippen LogP contribution in [0.25, 0.3) is 0 Å². The molecule has 0 radical (unpaired) electrons. The van der Waals surface area contributed by atoms with Crippen molar-refractivity contribution in [3.63, 3.8) is 0 Å². The summed E-state index contributed by atoms with van der Waals surface area (Å²) in [5.74, 6) is 0.540. The van der Waals surface area contributed by atoms with Gasteiger partial charge in [-0.3, -0.25) is 9.69 Å². The zero-order chi connectivity index (χ0) is 18.5. The number of carbonyl (C=O) groups excluding carboxylic acids is 1. The molecule has 2 aliphatic heterocycles. The highest BCUT2D eigenvalue weighted by atomic mass is 32.1. The molecule has 0 bridgehead atoms. The molecule has 0 spiro atoms. The minimum absolute atomic E-state index is 0.187. The summed E-state index contributed by atoms with van der Waals surface area (Å²) in [4.78, 5) is 21.1. The summed E-state index contributed by atoms with van der Waals surface area (Å²) in [6.07, 6.45) is 2.19. The predicted octanol–water partition coefficient (Wildman–Crippen LogP) is 3.47. The molecule has 27 heavy (non-hydrogen) atoms. The molecule has 2 aliphatic rings. The van der Waals surface area contributed by atoms with Gasteiger partial charge in [0.1, 0.15) is 0 Å². The Hall–Kier alpha value is -1.69. The first-order chi connectivity index (χ1) is 13.3. The Bertz CT molecular complexity index is 710. The fourth-order valence-electron chi connectivity index (χ4n) is 4.24. The Balaban J connectivity index is 1.22. The topological polar surface area (TPSA) is 26.8 Å². The molecule has 5 heteroatoms. The van der Waals surface area contributed by atoms with E-state index in [0.29, 0.717) is 5.78 Å². The van der Waals surface area contributed by atoms with E-state index < -0.39 is 0 Å². The summed E-state index contributed by atoms with van der Waals surface area (Å²) >= 11 is 1.58. The number of piperidine rings is 1. The highest BCUT2D eigenvalue weighted by molar-refractivity contribution is 7.12.